The van der Waals surface area contributed by atoms with Crippen molar-refractivity contribution in [3.63, 3.8) is 0 Å². The van der Waals surface area contributed by atoms with Gasteiger partial charge in [-0.3, -0.25) is 0 Å². The van der Waals surface area contributed by atoms with Crippen molar-refractivity contribution in [2.45, 2.75) is 13.0 Å². The molecule has 1 aromatic rings. The second-order valence-corrected chi connectivity index (χ2v) is 4.14. The molecule has 0 aliphatic carbocycles. The summed E-state index contributed by atoms with van der Waals surface area (Å²) in [6, 6.07) is 8.84. The molecular weight excluding hydrogens is 206 g/mol. The Morgan fingerprint density at radius 1 is 1.38 bits per heavy atom. The molecule has 1 aliphatic heterocycles. The van der Waals surface area contributed by atoms with Crippen molar-refractivity contribution < 1.29 is 14.7 Å². The molecule has 2 rings (SSSR count). The highest BCUT2D eigenvalue weighted by Gasteiger charge is 2.30. The molecule has 1 aliphatic rings. The number of carbonyl (C=O) groups is 1. The molecule has 0 bridgehead atoms. The Labute approximate surface area is 94.4 Å². The molecule has 1 saturated heterocycles. The van der Waals surface area contributed by atoms with Crippen LogP contribution in [0.5, 0.6) is 0 Å². The fourth-order valence-electron chi connectivity index (χ4n) is 1.72. The van der Waals surface area contributed by atoms with Gasteiger partial charge in [-0.1, -0.05) is 25.1 Å². The fourth-order valence-corrected chi connectivity index (χ4v) is 1.72. The zero-order chi connectivity index (χ0) is 11.5. The van der Waals surface area contributed by atoms with Crippen LogP contribution in [0.2, 0.25) is 0 Å². The first-order valence-corrected chi connectivity index (χ1v) is 5.37. The van der Waals surface area contributed by atoms with Crippen LogP contribution in [-0.4, -0.2) is 35.3 Å². The molecule has 0 unspecified atom stereocenters. The van der Waals surface area contributed by atoms with Gasteiger partial charge in [0.15, 0.2) is 0 Å². The first-order valence-electron chi connectivity index (χ1n) is 5.37. The van der Waals surface area contributed by atoms with Crippen LogP contribution in [0.1, 0.15) is 17.3 Å². The Balaban J connectivity index is 1.94. The molecule has 0 amide bonds. The molecule has 1 heterocycles. The second-order valence-electron chi connectivity index (χ2n) is 4.14. The van der Waals surface area contributed by atoms with Crippen molar-refractivity contribution >= 4 is 5.97 Å². The minimum atomic E-state index is -0.413. The number of rotatable bonds is 2. The molecule has 0 spiro atoms. The lowest BCUT2D eigenvalue weighted by molar-refractivity contribution is -0.0989. The predicted molar refractivity (Wildman–Crippen MR) is 58.6 cm³/mol. The van der Waals surface area contributed by atoms with Crippen molar-refractivity contribution in [2.75, 3.05) is 13.1 Å². The maximum Gasteiger partial charge on any atom is 0.357 e. The van der Waals surface area contributed by atoms with E-state index >= 15 is 0 Å². The maximum absolute atomic E-state index is 11.7. The van der Waals surface area contributed by atoms with Crippen molar-refractivity contribution in [3.05, 3.63) is 35.9 Å². The van der Waals surface area contributed by atoms with Crippen LogP contribution < -0.4 is 0 Å². The third kappa shape index (κ3) is 2.40. The van der Waals surface area contributed by atoms with Gasteiger partial charge in [-0.2, -0.15) is 0 Å². The van der Waals surface area contributed by atoms with E-state index in [1.165, 1.54) is 5.06 Å². The summed E-state index contributed by atoms with van der Waals surface area (Å²) in [7, 11) is 0. The van der Waals surface area contributed by atoms with Gasteiger partial charge >= 0.3 is 5.97 Å². The number of hydrogen-bond acceptors (Lipinski definition) is 4. The number of benzene rings is 1. The SMILES string of the molecule is C[C@@H]1CN(OC(=O)c2ccccc2)C[C@H]1O. The minimum absolute atomic E-state index is 0.142. The smallest absolute Gasteiger partial charge is 0.357 e. The van der Waals surface area contributed by atoms with E-state index in [0.29, 0.717) is 18.7 Å². The van der Waals surface area contributed by atoms with Crippen molar-refractivity contribution in [2.24, 2.45) is 5.92 Å². The molecule has 86 valence electrons. The zero-order valence-electron chi connectivity index (χ0n) is 9.17. The molecule has 4 nitrogen and oxygen atoms in total. The topological polar surface area (TPSA) is 49.8 Å². The molecule has 16 heavy (non-hydrogen) atoms. The van der Waals surface area contributed by atoms with E-state index in [-0.39, 0.29) is 11.9 Å². The molecule has 1 aromatic carbocycles. The minimum Gasteiger partial charge on any atom is -0.391 e. The Kier molecular flexibility index (Phi) is 3.22. The molecule has 1 fully saturated rings. The van der Waals surface area contributed by atoms with E-state index in [4.69, 9.17) is 4.84 Å². The third-order valence-corrected chi connectivity index (χ3v) is 2.76. The van der Waals surface area contributed by atoms with Crippen LogP contribution in [-0.2, 0) is 4.84 Å². The molecule has 1 N–H and O–H groups in total. The van der Waals surface area contributed by atoms with E-state index in [2.05, 4.69) is 0 Å². The maximum atomic E-state index is 11.7. The normalized spacial score (nSPS) is 25.6. The van der Waals surface area contributed by atoms with E-state index in [1.54, 1.807) is 24.3 Å². The predicted octanol–water partition coefficient (Wildman–Crippen LogP) is 1.07. The summed E-state index contributed by atoms with van der Waals surface area (Å²) in [4.78, 5) is 16.8. The highest BCUT2D eigenvalue weighted by molar-refractivity contribution is 5.89. The van der Waals surface area contributed by atoms with E-state index < -0.39 is 6.10 Å². The third-order valence-electron chi connectivity index (χ3n) is 2.76. The zero-order valence-corrected chi connectivity index (χ0v) is 9.17. The monoisotopic (exact) mass is 221 g/mol. The van der Waals surface area contributed by atoms with Crippen LogP contribution in [0, 0.1) is 5.92 Å². The lowest BCUT2D eigenvalue weighted by Gasteiger charge is -2.14. The average Bonchev–Trinajstić information content (AvgIpc) is 2.59. The molecule has 0 radical (unpaired) electrons. The Morgan fingerprint density at radius 2 is 2.06 bits per heavy atom. The van der Waals surface area contributed by atoms with Crippen LogP contribution in [0.15, 0.2) is 30.3 Å². The Hall–Kier alpha value is -1.39. The van der Waals surface area contributed by atoms with Gasteiger partial charge in [0.2, 0.25) is 0 Å². The lowest BCUT2D eigenvalue weighted by Crippen LogP contribution is -2.26. The van der Waals surface area contributed by atoms with Crippen LogP contribution in [0.25, 0.3) is 0 Å². The molecule has 0 aromatic heterocycles. The standard InChI is InChI=1S/C12H15NO3/c1-9-7-13(8-11(9)14)16-12(15)10-5-3-2-4-6-10/h2-6,9,11,14H,7-8H2,1H3/t9-,11-/m1/s1. The molecular formula is C12H15NO3. The summed E-state index contributed by atoms with van der Waals surface area (Å²) in [6.07, 6.45) is -0.413. The Bertz CT molecular complexity index is 356. The van der Waals surface area contributed by atoms with Crippen LogP contribution in [0.3, 0.4) is 0 Å². The molecule has 4 heteroatoms. The van der Waals surface area contributed by atoms with Crippen LogP contribution >= 0.6 is 0 Å². The summed E-state index contributed by atoms with van der Waals surface area (Å²) < 4.78 is 0. The first-order chi connectivity index (χ1) is 7.66. The first kappa shape index (κ1) is 11.1. The van der Waals surface area contributed by atoms with Gasteiger partial charge in [0.05, 0.1) is 18.2 Å². The summed E-state index contributed by atoms with van der Waals surface area (Å²) in [6.45, 7) is 2.90. The van der Waals surface area contributed by atoms with Gasteiger partial charge in [-0.05, 0) is 18.1 Å². The van der Waals surface area contributed by atoms with Gasteiger partial charge < -0.3 is 9.94 Å². The fraction of sp³-hybridized carbons (Fsp3) is 0.417. The average molecular weight is 221 g/mol. The summed E-state index contributed by atoms with van der Waals surface area (Å²) in [5, 5.41) is 11.0. The highest BCUT2D eigenvalue weighted by atomic mass is 16.7. The number of aliphatic hydroxyl groups excluding tert-OH is 1. The number of β-amino-alcohol motifs (C(OH)–C–C–N with tert-alkyl or cyclic N) is 1. The highest BCUT2D eigenvalue weighted by Crippen LogP contribution is 2.17. The number of hydrogen-bond donors (Lipinski definition) is 1. The number of hydroxylamine groups is 2. The van der Waals surface area contributed by atoms with Crippen molar-refractivity contribution in [3.8, 4) is 0 Å². The number of nitrogens with zero attached hydrogens (tertiary/aromatic N) is 1. The van der Waals surface area contributed by atoms with Crippen LogP contribution in [0.4, 0.5) is 0 Å². The van der Waals surface area contributed by atoms with Gasteiger partial charge in [0.1, 0.15) is 0 Å². The summed E-state index contributed by atoms with van der Waals surface area (Å²) >= 11 is 0. The van der Waals surface area contributed by atoms with Gasteiger partial charge in [0.25, 0.3) is 0 Å². The van der Waals surface area contributed by atoms with Gasteiger partial charge in [0, 0.05) is 6.54 Å². The van der Waals surface area contributed by atoms with Gasteiger partial charge in [-0.25, -0.2) is 4.79 Å². The van der Waals surface area contributed by atoms with E-state index in [1.807, 2.05) is 13.0 Å². The van der Waals surface area contributed by atoms with E-state index in [9.17, 15) is 9.90 Å². The summed E-state index contributed by atoms with van der Waals surface area (Å²) in [5.41, 5.74) is 0.525. The van der Waals surface area contributed by atoms with Crippen molar-refractivity contribution in [1.82, 2.24) is 5.06 Å². The Morgan fingerprint density at radius 3 is 2.62 bits per heavy atom. The van der Waals surface area contributed by atoms with E-state index in [0.717, 1.165) is 0 Å². The molecule has 0 saturated carbocycles. The van der Waals surface area contributed by atoms with Gasteiger partial charge in [-0.15, -0.1) is 5.06 Å². The number of aliphatic hydroxyl groups is 1. The quantitative estimate of drug-likeness (QED) is 0.811. The lowest BCUT2D eigenvalue weighted by atomic mass is 10.1. The summed E-state index contributed by atoms with van der Waals surface area (Å²) in [5.74, 6) is -0.231. The van der Waals surface area contributed by atoms with Crippen molar-refractivity contribution in [1.29, 1.82) is 0 Å². The largest absolute Gasteiger partial charge is 0.391 e. The second kappa shape index (κ2) is 4.63. The number of carbonyl (C=O) groups excluding carboxylic acids is 1. The molecule has 2 atom stereocenters.